The van der Waals surface area contributed by atoms with E-state index in [0.717, 1.165) is 29.2 Å². The van der Waals surface area contributed by atoms with Crippen LogP contribution in [0.4, 0.5) is 5.82 Å². The summed E-state index contributed by atoms with van der Waals surface area (Å²) in [6.45, 7) is 5.84. The third kappa shape index (κ3) is 4.48. The van der Waals surface area contributed by atoms with E-state index in [9.17, 15) is 4.79 Å². The maximum atomic E-state index is 13.5. The predicted octanol–water partition coefficient (Wildman–Crippen LogP) is 5.53. The molecule has 1 aliphatic heterocycles. The standard InChI is InChI=1S/C24H24Cl2N4O/c1-14(11-17-7-5-4-6-8-17)27-24(31)22-16(3)28-21-12-15(2)29-30(21)23(22)18-9-10-19(25)20(26)13-18/h4-10,12-14,23,28H,11H2,1-3H3,(H,27,31). The molecule has 2 unspecified atom stereocenters. The molecule has 2 atom stereocenters. The summed E-state index contributed by atoms with van der Waals surface area (Å²) >= 11 is 12.4. The number of hydrogen-bond acceptors (Lipinski definition) is 3. The first kappa shape index (κ1) is 21.5. The second kappa shape index (κ2) is 8.77. The van der Waals surface area contributed by atoms with Crippen molar-refractivity contribution in [2.45, 2.75) is 39.3 Å². The fraction of sp³-hybridized carbons (Fsp3) is 0.250. The van der Waals surface area contributed by atoms with Crippen molar-refractivity contribution >= 4 is 34.9 Å². The molecule has 1 aliphatic rings. The van der Waals surface area contributed by atoms with E-state index in [0.29, 0.717) is 15.6 Å². The van der Waals surface area contributed by atoms with Gasteiger partial charge < -0.3 is 10.6 Å². The SMILES string of the molecule is CC1=C(C(=O)NC(C)Cc2ccccc2)C(c2ccc(Cl)c(Cl)c2)n2nc(C)cc2N1. The van der Waals surface area contributed by atoms with Crippen molar-refractivity contribution in [2.24, 2.45) is 0 Å². The van der Waals surface area contributed by atoms with Gasteiger partial charge in [-0.1, -0.05) is 59.6 Å². The highest BCUT2D eigenvalue weighted by molar-refractivity contribution is 6.42. The number of rotatable bonds is 5. The lowest BCUT2D eigenvalue weighted by atomic mass is 9.94. The summed E-state index contributed by atoms with van der Waals surface area (Å²) in [5.74, 6) is 0.697. The number of carbonyl (C=O) groups excluding carboxylic acids is 1. The molecule has 2 heterocycles. The molecule has 5 nitrogen and oxygen atoms in total. The Labute approximate surface area is 192 Å². The summed E-state index contributed by atoms with van der Waals surface area (Å²) in [6.07, 6.45) is 0.746. The van der Waals surface area contributed by atoms with Crippen LogP contribution in [0.3, 0.4) is 0 Å². The number of anilines is 1. The van der Waals surface area contributed by atoms with Crippen LogP contribution in [0.25, 0.3) is 0 Å². The predicted molar refractivity (Wildman–Crippen MR) is 126 cm³/mol. The molecule has 2 aromatic carbocycles. The molecule has 7 heteroatoms. The first-order valence-corrected chi connectivity index (χ1v) is 10.9. The summed E-state index contributed by atoms with van der Waals surface area (Å²) in [6, 6.07) is 17.1. The van der Waals surface area contributed by atoms with E-state index in [4.69, 9.17) is 23.2 Å². The van der Waals surface area contributed by atoms with Gasteiger partial charge in [-0.2, -0.15) is 5.10 Å². The lowest BCUT2D eigenvalue weighted by Crippen LogP contribution is -2.39. The first-order valence-electron chi connectivity index (χ1n) is 10.2. The second-order valence-corrected chi connectivity index (χ2v) is 8.73. The van der Waals surface area contributed by atoms with Crippen molar-refractivity contribution in [3.05, 3.63) is 92.7 Å². The largest absolute Gasteiger partial charge is 0.349 e. The Morgan fingerprint density at radius 3 is 2.58 bits per heavy atom. The van der Waals surface area contributed by atoms with Gasteiger partial charge in [0.05, 0.1) is 21.3 Å². The highest BCUT2D eigenvalue weighted by Gasteiger charge is 2.33. The zero-order chi connectivity index (χ0) is 22.1. The molecule has 31 heavy (non-hydrogen) atoms. The molecular formula is C24H24Cl2N4O. The van der Waals surface area contributed by atoms with Gasteiger partial charge in [0.2, 0.25) is 0 Å². The van der Waals surface area contributed by atoms with Crippen LogP contribution in [0.5, 0.6) is 0 Å². The monoisotopic (exact) mass is 454 g/mol. The van der Waals surface area contributed by atoms with Gasteiger partial charge in [0.25, 0.3) is 5.91 Å². The summed E-state index contributed by atoms with van der Waals surface area (Å²) in [5, 5.41) is 12.0. The lowest BCUT2D eigenvalue weighted by Gasteiger charge is -2.30. The molecule has 0 bridgehead atoms. The van der Waals surface area contributed by atoms with E-state index < -0.39 is 6.04 Å². The van der Waals surface area contributed by atoms with Gasteiger partial charge >= 0.3 is 0 Å². The van der Waals surface area contributed by atoms with Gasteiger partial charge in [-0.05, 0) is 50.5 Å². The highest BCUT2D eigenvalue weighted by Crippen LogP contribution is 2.38. The first-order chi connectivity index (χ1) is 14.8. The molecule has 0 saturated carbocycles. The van der Waals surface area contributed by atoms with Crippen molar-refractivity contribution in [3.63, 3.8) is 0 Å². The van der Waals surface area contributed by atoms with Crippen molar-refractivity contribution in [1.82, 2.24) is 15.1 Å². The quantitative estimate of drug-likeness (QED) is 0.532. The summed E-state index contributed by atoms with van der Waals surface area (Å²) < 4.78 is 1.83. The van der Waals surface area contributed by atoms with Crippen LogP contribution in [0.2, 0.25) is 10.0 Å². The average molecular weight is 455 g/mol. The van der Waals surface area contributed by atoms with Crippen LogP contribution in [0.1, 0.15) is 36.7 Å². The van der Waals surface area contributed by atoms with Crippen LogP contribution in [-0.2, 0) is 11.2 Å². The number of fused-ring (bicyclic) bond motifs is 1. The number of aromatic nitrogens is 2. The Kier molecular flexibility index (Phi) is 6.08. The summed E-state index contributed by atoms with van der Waals surface area (Å²) in [5.41, 5.74) is 4.27. The second-order valence-electron chi connectivity index (χ2n) is 7.92. The molecule has 2 N–H and O–H groups in total. The van der Waals surface area contributed by atoms with E-state index in [2.05, 4.69) is 27.9 Å². The third-order valence-corrected chi connectivity index (χ3v) is 6.10. The number of amides is 1. The Morgan fingerprint density at radius 1 is 1.13 bits per heavy atom. The van der Waals surface area contributed by atoms with Gasteiger partial charge in [0.1, 0.15) is 11.9 Å². The molecule has 0 fully saturated rings. The molecule has 4 rings (SSSR count). The Hall–Kier alpha value is -2.76. The molecule has 0 aliphatic carbocycles. The van der Waals surface area contributed by atoms with Crippen LogP contribution in [-0.4, -0.2) is 21.7 Å². The third-order valence-electron chi connectivity index (χ3n) is 5.36. The Morgan fingerprint density at radius 2 is 1.87 bits per heavy atom. The number of nitrogens with zero attached hydrogens (tertiary/aromatic N) is 2. The molecule has 1 amide bonds. The average Bonchev–Trinajstić information content (AvgIpc) is 3.09. The molecule has 160 valence electrons. The van der Waals surface area contributed by atoms with Gasteiger partial charge in [0.15, 0.2) is 0 Å². The molecule has 1 aromatic heterocycles. The fourth-order valence-corrected chi connectivity index (χ4v) is 4.31. The molecule has 3 aromatic rings. The minimum absolute atomic E-state index is 0.0367. The number of allylic oxidation sites excluding steroid dienone is 1. The van der Waals surface area contributed by atoms with E-state index in [-0.39, 0.29) is 11.9 Å². The van der Waals surface area contributed by atoms with Gasteiger partial charge in [-0.3, -0.25) is 4.79 Å². The van der Waals surface area contributed by atoms with Crippen LogP contribution < -0.4 is 10.6 Å². The van der Waals surface area contributed by atoms with E-state index in [1.807, 2.05) is 55.8 Å². The smallest absolute Gasteiger partial charge is 0.251 e. The number of carbonyl (C=O) groups is 1. The number of nitrogens with one attached hydrogen (secondary N) is 2. The zero-order valence-electron chi connectivity index (χ0n) is 17.6. The van der Waals surface area contributed by atoms with Crippen LogP contribution >= 0.6 is 23.2 Å². The molecule has 0 spiro atoms. The number of aryl methyl sites for hydroxylation is 1. The number of halogens is 2. The molecular weight excluding hydrogens is 431 g/mol. The van der Waals surface area contributed by atoms with Crippen molar-refractivity contribution in [3.8, 4) is 0 Å². The van der Waals surface area contributed by atoms with Crippen LogP contribution in [0.15, 0.2) is 65.9 Å². The van der Waals surface area contributed by atoms with Crippen molar-refractivity contribution in [2.75, 3.05) is 5.32 Å². The number of benzene rings is 2. The van der Waals surface area contributed by atoms with E-state index in [1.54, 1.807) is 12.1 Å². The van der Waals surface area contributed by atoms with Crippen LogP contribution in [0, 0.1) is 6.92 Å². The van der Waals surface area contributed by atoms with Gasteiger partial charge in [0, 0.05) is 17.8 Å². The van der Waals surface area contributed by atoms with Gasteiger partial charge in [-0.15, -0.1) is 0 Å². The number of hydrogen-bond donors (Lipinski definition) is 2. The van der Waals surface area contributed by atoms with Crippen molar-refractivity contribution < 1.29 is 4.79 Å². The lowest BCUT2D eigenvalue weighted by molar-refractivity contribution is -0.118. The van der Waals surface area contributed by atoms with E-state index in [1.165, 1.54) is 5.56 Å². The maximum Gasteiger partial charge on any atom is 0.251 e. The normalized spacial score (nSPS) is 16.5. The topological polar surface area (TPSA) is 59.0 Å². The van der Waals surface area contributed by atoms with Crippen molar-refractivity contribution in [1.29, 1.82) is 0 Å². The Bertz CT molecular complexity index is 1150. The Balaban J connectivity index is 1.67. The molecule has 0 saturated heterocycles. The molecule has 0 radical (unpaired) electrons. The fourth-order valence-electron chi connectivity index (χ4n) is 4.00. The minimum atomic E-state index is -0.413. The maximum absolute atomic E-state index is 13.5. The minimum Gasteiger partial charge on any atom is -0.349 e. The van der Waals surface area contributed by atoms with Gasteiger partial charge in [-0.25, -0.2) is 4.68 Å². The zero-order valence-corrected chi connectivity index (χ0v) is 19.1. The highest BCUT2D eigenvalue weighted by atomic mass is 35.5. The van der Waals surface area contributed by atoms with E-state index >= 15 is 0 Å². The summed E-state index contributed by atoms with van der Waals surface area (Å²) in [4.78, 5) is 13.5. The summed E-state index contributed by atoms with van der Waals surface area (Å²) in [7, 11) is 0.